The summed E-state index contributed by atoms with van der Waals surface area (Å²) < 4.78 is 6.46. The van der Waals surface area contributed by atoms with Gasteiger partial charge in [0.2, 0.25) is 0 Å². The van der Waals surface area contributed by atoms with E-state index in [1.807, 2.05) is 32.9 Å². The predicted octanol–water partition coefficient (Wildman–Crippen LogP) is 4.15. The number of likely N-dealkylation sites (tertiary alicyclic amines) is 1. The van der Waals surface area contributed by atoms with Crippen molar-refractivity contribution in [2.24, 2.45) is 0 Å². The zero-order valence-electron chi connectivity index (χ0n) is 13.9. The van der Waals surface area contributed by atoms with Crippen LogP contribution in [0.5, 0.6) is 0 Å². The molecule has 0 saturated carbocycles. The molecule has 4 nitrogen and oxygen atoms in total. The van der Waals surface area contributed by atoms with E-state index in [2.05, 4.69) is 22.0 Å². The molecule has 1 saturated heterocycles. The maximum absolute atomic E-state index is 12.2. The molecule has 1 aromatic rings. The molecule has 1 fully saturated rings. The van der Waals surface area contributed by atoms with Crippen molar-refractivity contribution in [2.45, 2.75) is 57.2 Å². The van der Waals surface area contributed by atoms with Gasteiger partial charge in [-0.1, -0.05) is 22.0 Å². The van der Waals surface area contributed by atoms with Gasteiger partial charge in [0.1, 0.15) is 5.60 Å². The molecule has 5 heteroatoms. The topological polar surface area (TPSA) is 49.8 Å². The van der Waals surface area contributed by atoms with Gasteiger partial charge in [-0.3, -0.25) is 0 Å². The first kappa shape index (κ1) is 16.8. The molecular weight excluding hydrogens is 358 g/mol. The molecule has 1 aliphatic heterocycles. The number of hydrogen-bond donors (Lipinski definition) is 1. The zero-order chi connectivity index (χ0) is 16.8. The molecule has 0 bridgehead atoms. The van der Waals surface area contributed by atoms with Crippen molar-refractivity contribution in [1.29, 1.82) is 0 Å². The Morgan fingerprint density at radius 3 is 2.61 bits per heavy atom. The fraction of sp³-hybridized carbons (Fsp3) is 0.611. The van der Waals surface area contributed by atoms with Crippen LogP contribution >= 0.6 is 15.9 Å². The highest BCUT2D eigenvalue weighted by Crippen LogP contribution is 2.51. The van der Waals surface area contributed by atoms with E-state index in [4.69, 9.17) is 4.74 Å². The van der Waals surface area contributed by atoms with E-state index in [0.717, 1.165) is 29.3 Å². The average Bonchev–Trinajstić information content (AvgIpc) is 2.70. The normalized spacial score (nSPS) is 23.0. The Balaban J connectivity index is 1.74. The standard InChI is InChI=1S/C18H24BrNO3/c1-17(2,3)23-16(22)20-8-6-18(7-9-20)11-15(21)13-10-12(19)4-5-14(13)18/h4-5,10,15,21H,6-9,11H2,1-3H3/t15-/m0/s1. The molecule has 126 valence electrons. The first-order valence-electron chi connectivity index (χ1n) is 8.16. The molecule has 1 spiro atoms. The third kappa shape index (κ3) is 3.26. The number of benzene rings is 1. The lowest BCUT2D eigenvalue weighted by atomic mass is 9.74. The van der Waals surface area contributed by atoms with Gasteiger partial charge in [-0.05, 0) is 63.3 Å². The third-order valence-corrected chi connectivity index (χ3v) is 5.39. The molecule has 0 aromatic heterocycles. The molecule has 23 heavy (non-hydrogen) atoms. The van der Waals surface area contributed by atoms with Crippen LogP contribution in [0.15, 0.2) is 22.7 Å². The quantitative estimate of drug-likeness (QED) is 0.733. The highest BCUT2D eigenvalue weighted by Gasteiger charge is 2.46. The number of rotatable bonds is 0. The number of aliphatic hydroxyl groups excluding tert-OH is 1. The molecule has 0 unspecified atom stereocenters. The Morgan fingerprint density at radius 1 is 1.35 bits per heavy atom. The second-order valence-electron chi connectivity index (χ2n) is 7.70. The summed E-state index contributed by atoms with van der Waals surface area (Å²) in [5, 5.41) is 10.4. The average molecular weight is 382 g/mol. The Kier molecular flexibility index (Phi) is 4.21. The number of halogens is 1. The van der Waals surface area contributed by atoms with E-state index >= 15 is 0 Å². The minimum absolute atomic E-state index is 0.00599. The van der Waals surface area contributed by atoms with Crippen molar-refractivity contribution in [3.8, 4) is 0 Å². The number of aliphatic hydroxyl groups is 1. The van der Waals surface area contributed by atoms with Crippen LogP contribution in [-0.2, 0) is 10.2 Å². The summed E-state index contributed by atoms with van der Waals surface area (Å²) in [7, 11) is 0. The Hall–Kier alpha value is -1.07. The van der Waals surface area contributed by atoms with Crippen LogP contribution in [0.25, 0.3) is 0 Å². The van der Waals surface area contributed by atoms with Gasteiger partial charge in [0.25, 0.3) is 0 Å². The number of carbonyl (C=O) groups is 1. The molecular formula is C18H24BrNO3. The van der Waals surface area contributed by atoms with Crippen molar-refractivity contribution < 1.29 is 14.6 Å². The lowest BCUT2D eigenvalue weighted by molar-refractivity contribution is 0.0147. The van der Waals surface area contributed by atoms with Crippen molar-refractivity contribution in [3.63, 3.8) is 0 Å². The predicted molar refractivity (Wildman–Crippen MR) is 92.4 cm³/mol. The maximum atomic E-state index is 12.2. The number of hydrogen-bond acceptors (Lipinski definition) is 3. The van der Waals surface area contributed by atoms with Crippen LogP contribution in [0.2, 0.25) is 0 Å². The lowest BCUT2D eigenvalue weighted by Gasteiger charge is -2.40. The highest BCUT2D eigenvalue weighted by atomic mass is 79.9. The third-order valence-electron chi connectivity index (χ3n) is 4.90. The number of carbonyl (C=O) groups excluding carboxylic acids is 1. The number of fused-ring (bicyclic) bond motifs is 2. The van der Waals surface area contributed by atoms with Crippen LogP contribution in [0.3, 0.4) is 0 Å². The van der Waals surface area contributed by atoms with Gasteiger partial charge in [-0.25, -0.2) is 4.79 Å². The Bertz CT molecular complexity index is 615. The molecule has 1 N–H and O–H groups in total. The molecule has 1 atom stereocenters. The molecule has 0 radical (unpaired) electrons. The minimum Gasteiger partial charge on any atom is -0.444 e. The molecule has 3 rings (SSSR count). The monoisotopic (exact) mass is 381 g/mol. The SMILES string of the molecule is CC(C)(C)OC(=O)N1CCC2(CC1)C[C@H](O)c1cc(Br)ccc12. The van der Waals surface area contributed by atoms with Crippen LogP contribution < -0.4 is 0 Å². The van der Waals surface area contributed by atoms with Crippen LogP contribution in [-0.4, -0.2) is 34.8 Å². The fourth-order valence-corrected chi connectivity index (χ4v) is 4.18. The van der Waals surface area contributed by atoms with E-state index in [0.29, 0.717) is 13.1 Å². The molecule has 1 aromatic carbocycles. The largest absolute Gasteiger partial charge is 0.444 e. The smallest absolute Gasteiger partial charge is 0.410 e. The summed E-state index contributed by atoms with van der Waals surface area (Å²) in [6.07, 6.45) is 1.86. The Labute approximate surface area is 145 Å². The van der Waals surface area contributed by atoms with Crippen molar-refractivity contribution in [2.75, 3.05) is 13.1 Å². The second-order valence-corrected chi connectivity index (χ2v) is 8.61. The van der Waals surface area contributed by atoms with E-state index in [-0.39, 0.29) is 11.5 Å². The molecule has 1 amide bonds. The number of amides is 1. The summed E-state index contributed by atoms with van der Waals surface area (Å²) in [4.78, 5) is 14.0. The molecule has 1 aliphatic carbocycles. The summed E-state index contributed by atoms with van der Waals surface area (Å²) in [6.45, 7) is 7.02. The number of ether oxygens (including phenoxy) is 1. The van der Waals surface area contributed by atoms with Crippen molar-refractivity contribution >= 4 is 22.0 Å². The second kappa shape index (κ2) is 5.78. The van der Waals surface area contributed by atoms with Crippen LogP contribution in [0, 0.1) is 0 Å². The summed E-state index contributed by atoms with van der Waals surface area (Å²) in [6, 6.07) is 6.19. The van der Waals surface area contributed by atoms with E-state index in [1.165, 1.54) is 5.56 Å². The lowest BCUT2D eigenvalue weighted by Crippen LogP contribution is -2.46. The van der Waals surface area contributed by atoms with Crippen LogP contribution in [0.4, 0.5) is 4.79 Å². The Morgan fingerprint density at radius 2 is 2.00 bits per heavy atom. The van der Waals surface area contributed by atoms with Gasteiger partial charge >= 0.3 is 6.09 Å². The molecule has 1 heterocycles. The van der Waals surface area contributed by atoms with E-state index in [9.17, 15) is 9.90 Å². The zero-order valence-corrected chi connectivity index (χ0v) is 15.5. The fourth-order valence-electron chi connectivity index (χ4n) is 3.80. The van der Waals surface area contributed by atoms with E-state index < -0.39 is 11.7 Å². The summed E-state index contributed by atoms with van der Waals surface area (Å²) in [5.41, 5.74) is 1.81. The highest BCUT2D eigenvalue weighted by molar-refractivity contribution is 9.10. The summed E-state index contributed by atoms with van der Waals surface area (Å²) in [5.74, 6) is 0. The summed E-state index contributed by atoms with van der Waals surface area (Å²) >= 11 is 3.48. The van der Waals surface area contributed by atoms with Gasteiger partial charge < -0.3 is 14.7 Å². The van der Waals surface area contributed by atoms with Gasteiger partial charge in [0.05, 0.1) is 6.10 Å². The van der Waals surface area contributed by atoms with Crippen molar-refractivity contribution in [3.05, 3.63) is 33.8 Å². The first-order valence-corrected chi connectivity index (χ1v) is 8.95. The number of piperidine rings is 1. The van der Waals surface area contributed by atoms with Gasteiger partial charge in [-0.2, -0.15) is 0 Å². The van der Waals surface area contributed by atoms with Gasteiger partial charge in [0.15, 0.2) is 0 Å². The van der Waals surface area contributed by atoms with Gasteiger partial charge in [-0.15, -0.1) is 0 Å². The van der Waals surface area contributed by atoms with Crippen molar-refractivity contribution in [1.82, 2.24) is 4.90 Å². The molecule has 2 aliphatic rings. The maximum Gasteiger partial charge on any atom is 0.410 e. The first-order chi connectivity index (χ1) is 10.7. The number of nitrogens with zero attached hydrogens (tertiary/aromatic N) is 1. The van der Waals surface area contributed by atoms with E-state index in [1.54, 1.807) is 4.90 Å². The van der Waals surface area contributed by atoms with Gasteiger partial charge in [0, 0.05) is 23.0 Å². The minimum atomic E-state index is -0.464. The van der Waals surface area contributed by atoms with Crippen LogP contribution in [0.1, 0.15) is 57.3 Å².